The van der Waals surface area contributed by atoms with Crippen LogP contribution in [0.5, 0.6) is 0 Å². The van der Waals surface area contributed by atoms with Gasteiger partial charge in [0.2, 0.25) is 5.82 Å². The van der Waals surface area contributed by atoms with Crippen molar-refractivity contribution >= 4 is 17.6 Å². The van der Waals surface area contributed by atoms with Crippen molar-refractivity contribution in [3.8, 4) is 11.5 Å². The van der Waals surface area contributed by atoms with Gasteiger partial charge in [-0.1, -0.05) is 16.8 Å². The van der Waals surface area contributed by atoms with E-state index in [4.69, 9.17) is 16.1 Å². The number of pyridine rings is 1. The molecule has 0 fully saturated rings. The third-order valence-electron chi connectivity index (χ3n) is 1.79. The molecule has 0 aliphatic carbocycles. The predicted molar refractivity (Wildman–Crippen MR) is 61.3 cm³/mol. The largest absolute Gasteiger partial charge is 0.336 e. The summed E-state index contributed by atoms with van der Waals surface area (Å²) in [6, 6.07) is 4.11. The minimum Gasteiger partial charge on any atom is -0.336 e. The fraction of sp³-hybridized carbons (Fsp3) is 0.300. The number of aromatic nitrogens is 3. The second-order valence-corrected chi connectivity index (χ2v) is 4.02. The van der Waals surface area contributed by atoms with E-state index in [0.717, 1.165) is 0 Å². The summed E-state index contributed by atoms with van der Waals surface area (Å²) < 4.78 is 5.01. The molecule has 0 bridgehead atoms. The highest BCUT2D eigenvalue weighted by atomic mass is 35.5. The molecule has 16 heavy (non-hydrogen) atoms. The first-order valence-electron chi connectivity index (χ1n) is 4.87. The number of hydrogen-bond acceptors (Lipinski definition) is 5. The summed E-state index contributed by atoms with van der Waals surface area (Å²) in [4.78, 5) is 8.25. The Hall–Kier alpha value is -1.62. The standard InChI is InChI=1S/C10H11ClN4O/c1-6(2)13-10-14-9(15-16-10)8-4-3-7(11)5-12-8/h3-6H,1-2H3,(H,13,14,15). The number of halogens is 1. The molecule has 0 aliphatic rings. The average molecular weight is 239 g/mol. The van der Waals surface area contributed by atoms with Crippen molar-refractivity contribution in [3.05, 3.63) is 23.4 Å². The van der Waals surface area contributed by atoms with Crippen molar-refractivity contribution in [1.29, 1.82) is 0 Å². The van der Waals surface area contributed by atoms with Gasteiger partial charge in [0, 0.05) is 12.2 Å². The van der Waals surface area contributed by atoms with Gasteiger partial charge in [0.15, 0.2) is 0 Å². The third kappa shape index (κ3) is 2.49. The second-order valence-electron chi connectivity index (χ2n) is 3.58. The summed E-state index contributed by atoms with van der Waals surface area (Å²) in [5.74, 6) is 0.444. The molecule has 0 aromatic carbocycles. The molecule has 0 unspecified atom stereocenters. The van der Waals surface area contributed by atoms with Crippen LogP contribution < -0.4 is 5.32 Å². The van der Waals surface area contributed by atoms with Crippen LogP contribution in [-0.2, 0) is 0 Å². The van der Waals surface area contributed by atoms with Gasteiger partial charge in [-0.15, -0.1) is 0 Å². The van der Waals surface area contributed by atoms with Crippen molar-refractivity contribution in [3.63, 3.8) is 0 Å². The summed E-state index contributed by atoms with van der Waals surface area (Å²) in [6.45, 7) is 3.98. The molecule has 5 nitrogen and oxygen atoms in total. The van der Waals surface area contributed by atoms with E-state index < -0.39 is 0 Å². The van der Waals surface area contributed by atoms with Crippen molar-refractivity contribution in [2.24, 2.45) is 0 Å². The van der Waals surface area contributed by atoms with E-state index in [9.17, 15) is 0 Å². The number of nitrogens with zero attached hydrogens (tertiary/aromatic N) is 3. The first-order chi connectivity index (χ1) is 7.65. The maximum atomic E-state index is 5.73. The van der Waals surface area contributed by atoms with Crippen LogP contribution in [0.25, 0.3) is 11.5 Å². The van der Waals surface area contributed by atoms with Gasteiger partial charge in [-0.05, 0) is 26.0 Å². The normalized spacial score (nSPS) is 10.8. The van der Waals surface area contributed by atoms with Gasteiger partial charge in [0.25, 0.3) is 0 Å². The Labute approximate surface area is 97.8 Å². The topological polar surface area (TPSA) is 63.8 Å². The fourth-order valence-electron chi connectivity index (χ4n) is 1.14. The van der Waals surface area contributed by atoms with E-state index in [-0.39, 0.29) is 6.04 Å². The Bertz CT molecular complexity index is 466. The minimum absolute atomic E-state index is 0.242. The molecule has 0 radical (unpaired) electrons. The lowest BCUT2D eigenvalue weighted by molar-refractivity contribution is 0.429. The maximum Gasteiger partial charge on any atom is 0.322 e. The SMILES string of the molecule is CC(C)Nc1nc(-c2ccc(Cl)cn2)no1. The van der Waals surface area contributed by atoms with E-state index in [1.165, 1.54) is 0 Å². The molecule has 84 valence electrons. The second kappa shape index (κ2) is 4.49. The Balaban J connectivity index is 2.21. The number of nitrogens with one attached hydrogen (secondary N) is 1. The Morgan fingerprint density at radius 1 is 1.38 bits per heavy atom. The van der Waals surface area contributed by atoms with Gasteiger partial charge in [0.1, 0.15) is 5.69 Å². The number of anilines is 1. The molecule has 0 saturated heterocycles. The number of hydrogen-bond donors (Lipinski definition) is 1. The van der Waals surface area contributed by atoms with Crippen LogP contribution in [-0.4, -0.2) is 21.2 Å². The van der Waals surface area contributed by atoms with Crippen LogP contribution in [0.15, 0.2) is 22.9 Å². The van der Waals surface area contributed by atoms with E-state index in [0.29, 0.717) is 22.6 Å². The highest BCUT2D eigenvalue weighted by Gasteiger charge is 2.09. The first kappa shape index (κ1) is 10.9. The van der Waals surface area contributed by atoms with Gasteiger partial charge in [-0.2, -0.15) is 4.98 Å². The summed E-state index contributed by atoms with van der Waals surface area (Å²) in [6.07, 6.45) is 1.54. The van der Waals surface area contributed by atoms with Crippen molar-refractivity contribution in [2.75, 3.05) is 5.32 Å². The minimum atomic E-state index is 0.242. The molecule has 6 heteroatoms. The zero-order valence-corrected chi connectivity index (χ0v) is 9.69. The predicted octanol–water partition coefficient (Wildman–Crippen LogP) is 2.61. The van der Waals surface area contributed by atoms with Gasteiger partial charge in [-0.25, -0.2) is 0 Å². The zero-order chi connectivity index (χ0) is 11.5. The zero-order valence-electron chi connectivity index (χ0n) is 8.94. The molecule has 2 heterocycles. The first-order valence-corrected chi connectivity index (χ1v) is 5.25. The van der Waals surface area contributed by atoms with Crippen LogP contribution in [0.1, 0.15) is 13.8 Å². The molecule has 0 amide bonds. The molecule has 0 aliphatic heterocycles. The van der Waals surface area contributed by atoms with E-state index in [1.807, 2.05) is 13.8 Å². The van der Waals surface area contributed by atoms with Crippen LogP contribution in [0, 0.1) is 0 Å². The lowest BCUT2D eigenvalue weighted by Gasteiger charge is -2.01. The monoisotopic (exact) mass is 238 g/mol. The lowest BCUT2D eigenvalue weighted by atomic mass is 10.3. The number of rotatable bonds is 3. The molecule has 2 aromatic heterocycles. The van der Waals surface area contributed by atoms with Gasteiger partial charge in [-0.3, -0.25) is 4.98 Å². The molecule has 0 saturated carbocycles. The van der Waals surface area contributed by atoms with Gasteiger partial charge in [0.05, 0.1) is 5.02 Å². The van der Waals surface area contributed by atoms with Crippen molar-refractivity contribution < 1.29 is 4.52 Å². The smallest absolute Gasteiger partial charge is 0.322 e. The van der Waals surface area contributed by atoms with Crippen LogP contribution in [0.2, 0.25) is 5.02 Å². The van der Waals surface area contributed by atoms with E-state index >= 15 is 0 Å². The Kier molecular flexibility index (Phi) is 3.05. The Morgan fingerprint density at radius 2 is 2.19 bits per heavy atom. The van der Waals surface area contributed by atoms with Crippen molar-refractivity contribution in [1.82, 2.24) is 15.1 Å². The lowest BCUT2D eigenvalue weighted by Crippen LogP contribution is -2.09. The van der Waals surface area contributed by atoms with E-state index in [2.05, 4.69) is 20.4 Å². The summed E-state index contributed by atoms with van der Waals surface area (Å²) in [7, 11) is 0. The van der Waals surface area contributed by atoms with Crippen LogP contribution in [0.4, 0.5) is 6.01 Å². The van der Waals surface area contributed by atoms with Crippen LogP contribution in [0.3, 0.4) is 0 Å². The molecular weight excluding hydrogens is 228 g/mol. The maximum absolute atomic E-state index is 5.73. The molecule has 2 rings (SSSR count). The quantitative estimate of drug-likeness (QED) is 0.891. The molecule has 0 spiro atoms. The Morgan fingerprint density at radius 3 is 2.81 bits per heavy atom. The van der Waals surface area contributed by atoms with Crippen molar-refractivity contribution in [2.45, 2.75) is 19.9 Å². The molecule has 0 atom stereocenters. The van der Waals surface area contributed by atoms with Gasteiger partial charge >= 0.3 is 6.01 Å². The molecular formula is C10H11ClN4O. The summed E-state index contributed by atoms with van der Waals surface area (Å²) in [5, 5.41) is 7.40. The third-order valence-corrected chi connectivity index (χ3v) is 2.02. The summed E-state index contributed by atoms with van der Waals surface area (Å²) >= 11 is 5.73. The van der Waals surface area contributed by atoms with Gasteiger partial charge < -0.3 is 9.84 Å². The van der Waals surface area contributed by atoms with Crippen LogP contribution >= 0.6 is 11.6 Å². The fourth-order valence-corrected chi connectivity index (χ4v) is 1.25. The highest BCUT2D eigenvalue weighted by molar-refractivity contribution is 6.30. The average Bonchev–Trinajstić information content (AvgIpc) is 2.66. The van der Waals surface area contributed by atoms with E-state index in [1.54, 1.807) is 18.3 Å². The highest BCUT2D eigenvalue weighted by Crippen LogP contribution is 2.17. The summed E-state index contributed by atoms with van der Waals surface area (Å²) in [5.41, 5.74) is 0.630. The molecule has 1 N–H and O–H groups in total. The molecule has 2 aromatic rings.